The fourth-order valence-corrected chi connectivity index (χ4v) is 8.26. The first-order chi connectivity index (χ1) is 19.6. The van der Waals surface area contributed by atoms with Gasteiger partial charge in [-0.15, -0.1) is 0 Å². The van der Waals surface area contributed by atoms with Gasteiger partial charge in [-0.3, -0.25) is 4.90 Å². The zero-order valence-electron chi connectivity index (χ0n) is 24.7. The van der Waals surface area contributed by atoms with E-state index in [9.17, 15) is 15.0 Å². The summed E-state index contributed by atoms with van der Waals surface area (Å²) < 4.78 is 17.7. The van der Waals surface area contributed by atoms with Crippen LogP contribution in [0, 0.1) is 22.7 Å². The third-order valence-corrected chi connectivity index (χ3v) is 10.8. The van der Waals surface area contributed by atoms with Gasteiger partial charge in [0, 0.05) is 50.2 Å². The van der Waals surface area contributed by atoms with Crippen LogP contribution >= 0.6 is 0 Å². The third-order valence-electron chi connectivity index (χ3n) is 10.8. The van der Waals surface area contributed by atoms with Gasteiger partial charge in [0.2, 0.25) is 0 Å². The molecule has 1 aromatic rings. The van der Waals surface area contributed by atoms with E-state index in [2.05, 4.69) is 17.9 Å². The molecule has 2 aliphatic carbocycles. The first kappa shape index (κ1) is 28.6. The highest BCUT2D eigenvalue weighted by Crippen LogP contribution is 2.66. The van der Waals surface area contributed by atoms with Gasteiger partial charge in [-0.1, -0.05) is 38.1 Å². The normalized spacial score (nSPS) is 40.1. The zero-order chi connectivity index (χ0) is 29.0. The van der Waals surface area contributed by atoms with Crippen LogP contribution in [0.2, 0.25) is 0 Å². The minimum atomic E-state index is -0.607. The molecule has 2 saturated carbocycles. The Morgan fingerprint density at radius 2 is 1.85 bits per heavy atom. The number of aliphatic hydroxyl groups is 2. The number of cyclic esters (lactones) is 1. The maximum atomic E-state index is 12.9. The molecule has 222 valence electrons. The Labute approximate surface area is 243 Å². The number of epoxide rings is 1. The summed E-state index contributed by atoms with van der Waals surface area (Å²) in [7, 11) is 4.00. The van der Waals surface area contributed by atoms with Gasteiger partial charge in [0.15, 0.2) is 0 Å². The predicted octanol–water partition coefficient (Wildman–Crippen LogP) is 3.40. The lowest BCUT2D eigenvalue weighted by Crippen LogP contribution is -2.67. The number of anilines is 1. The molecule has 1 aromatic carbocycles. The van der Waals surface area contributed by atoms with Gasteiger partial charge in [0.05, 0.1) is 38.1 Å². The summed E-state index contributed by atoms with van der Waals surface area (Å²) in [5.41, 5.74) is 1.42. The van der Waals surface area contributed by atoms with Gasteiger partial charge in [-0.25, -0.2) is 4.79 Å². The number of allylic oxidation sites excluding steroid dienone is 1. The number of rotatable bonds is 6. The summed E-state index contributed by atoms with van der Waals surface area (Å²) >= 11 is 0. The molecule has 4 unspecified atom stereocenters. The van der Waals surface area contributed by atoms with Gasteiger partial charge < -0.3 is 29.3 Å². The number of aliphatic hydroxyl groups excluding tert-OH is 2. The first-order valence-corrected chi connectivity index (χ1v) is 15.0. The van der Waals surface area contributed by atoms with Crippen LogP contribution in [-0.2, 0) is 19.0 Å². The number of esters is 1. The molecule has 3 aliphatic heterocycles. The minimum Gasteiger partial charge on any atom is -0.423 e. The molecular weight excluding hydrogens is 520 g/mol. The number of nitrogens with zero attached hydrogens (tertiary/aromatic N) is 2. The van der Waals surface area contributed by atoms with E-state index in [1.54, 1.807) is 0 Å². The zero-order valence-corrected chi connectivity index (χ0v) is 24.7. The summed E-state index contributed by atoms with van der Waals surface area (Å²) in [5, 5.41) is 21.7. The lowest BCUT2D eigenvalue weighted by molar-refractivity contribution is -0.186. The number of carbonyl (C=O) groups is 1. The number of fused-ring (bicyclic) bond motifs is 1. The van der Waals surface area contributed by atoms with Crippen LogP contribution < -0.4 is 4.90 Å². The SMILES string of the molecule is CN(C)c1ccc(C=C2C=C(C=CC3C4(CO4)C(N4CCOCC4)CC4[C@]3(C)CC[C@@H](O)[C@@]4(C)CO)C(=O)O2)cc1. The molecule has 0 radical (unpaired) electrons. The van der Waals surface area contributed by atoms with E-state index >= 15 is 0 Å². The van der Waals surface area contributed by atoms with Gasteiger partial charge in [-0.05, 0) is 60.4 Å². The van der Waals surface area contributed by atoms with E-state index in [1.807, 2.05) is 68.4 Å². The van der Waals surface area contributed by atoms with Crippen LogP contribution in [0.1, 0.15) is 38.7 Å². The van der Waals surface area contributed by atoms with Gasteiger partial charge >= 0.3 is 5.97 Å². The van der Waals surface area contributed by atoms with Crippen molar-refractivity contribution in [3.63, 3.8) is 0 Å². The Bertz CT molecular complexity index is 1240. The van der Waals surface area contributed by atoms with Gasteiger partial charge in [0.25, 0.3) is 0 Å². The Kier molecular flexibility index (Phi) is 7.44. The van der Waals surface area contributed by atoms with E-state index in [1.165, 1.54) is 0 Å². The highest BCUT2D eigenvalue weighted by molar-refractivity contribution is 5.96. The maximum Gasteiger partial charge on any atom is 0.343 e. The van der Waals surface area contributed by atoms with Crippen molar-refractivity contribution < 1.29 is 29.2 Å². The molecule has 0 bridgehead atoms. The summed E-state index contributed by atoms with van der Waals surface area (Å²) in [4.78, 5) is 17.5. The number of hydrogen-bond donors (Lipinski definition) is 2. The molecule has 0 aromatic heterocycles. The largest absolute Gasteiger partial charge is 0.423 e. The average Bonchev–Trinajstić information content (AvgIpc) is 3.67. The second-order valence-corrected chi connectivity index (χ2v) is 13.3. The molecule has 41 heavy (non-hydrogen) atoms. The summed E-state index contributed by atoms with van der Waals surface area (Å²) in [5.74, 6) is 0.272. The van der Waals surface area contributed by atoms with Crippen LogP contribution in [0.4, 0.5) is 5.69 Å². The van der Waals surface area contributed by atoms with Crippen molar-refractivity contribution in [3.8, 4) is 0 Å². The molecule has 6 rings (SSSR count). The molecule has 8 nitrogen and oxygen atoms in total. The number of carbonyl (C=O) groups excluding carboxylic acids is 1. The van der Waals surface area contributed by atoms with Crippen LogP contribution in [0.15, 0.2) is 53.8 Å². The highest BCUT2D eigenvalue weighted by Gasteiger charge is 2.71. The molecule has 2 N–H and O–H groups in total. The summed E-state index contributed by atoms with van der Waals surface area (Å²) in [6, 6.07) is 8.25. The molecule has 3 heterocycles. The van der Waals surface area contributed by atoms with Crippen LogP contribution in [0.5, 0.6) is 0 Å². The lowest BCUT2D eigenvalue weighted by atomic mass is 9.44. The van der Waals surface area contributed by atoms with Crippen LogP contribution in [0.25, 0.3) is 6.08 Å². The van der Waals surface area contributed by atoms with E-state index in [4.69, 9.17) is 14.2 Å². The molecule has 8 heteroatoms. The Hall–Kier alpha value is -2.49. The van der Waals surface area contributed by atoms with Crippen molar-refractivity contribution in [3.05, 3.63) is 59.4 Å². The second kappa shape index (κ2) is 10.7. The second-order valence-electron chi connectivity index (χ2n) is 13.3. The van der Waals surface area contributed by atoms with E-state index in [0.717, 1.165) is 37.2 Å². The van der Waals surface area contributed by atoms with Crippen molar-refractivity contribution in [1.82, 2.24) is 4.90 Å². The smallest absolute Gasteiger partial charge is 0.343 e. The van der Waals surface area contributed by atoms with Crippen molar-refractivity contribution in [2.75, 3.05) is 58.5 Å². The van der Waals surface area contributed by atoms with E-state index in [-0.39, 0.29) is 41.5 Å². The number of morpholine rings is 1. The summed E-state index contributed by atoms with van der Waals surface area (Å²) in [6.07, 6.45) is 9.55. The van der Waals surface area contributed by atoms with E-state index < -0.39 is 11.5 Å². The molecular formula is C33H44N2O6. The Morgan fingerprint density at radius 1 is 1.15 bits per heavy atom. The number of ether oxygens (including phenoxy) is 3. The van der Waals surface area contributed by atoms with Crippen molar-refractivity contribution in [1.29, 1.82) is 0 Å². The Morgan fingerprint density at radius 3 is 2.49 bits per heavy atom. The van der Waals surface area contributed by atoms with Crippen LogP contribution in [0.3, 0.4) is 0 Å². The quantitative estimate of drug-likeness (QED) is 0.401. The van der Waals surface area contributed by atoms with E-state index in [0.29, 0.717) is 37.6 Å². The Balaban J connectivity index is 1.32. The fourth-order valence-electron chi connectivity index (χ4n) is 8.26. The van der Waals surface area contributed by atoms with Crippen molar-refractivity contribution in [2.45, 2.75) is 50.9 Å². The van der Waals surface area contributed by atoms with Crippen LogP contribution in [-0.4, -0.2) is 92.4 Å². The first-order valence-electron chi connectivity index (χ1n) is 15.0. The molecule has 1 spiro atoms. The average molecular weight is 565 g/mol. The number of hydrogen-bond acceptors (Lipinski definition) is 8. The number of benzene rings is 1. The molecule has 5 aliphatic rings. The third kappa shape index (κ3) is 4.87. The van der Waals surface area contributed by atoms with Gasteiger partial charge in [-0.2, -0.15) is 0 Å². The molecule has 2 saturated heterocycles. The monoisotopic (exact) mass is 564 g/mol. The van der Waals surface area contributed by atoms with Crippen molar-refractivity contribution in [2.24, 2.45) is 22.7 Å². The maximum absolute atomic E-state index is 12.9. The minimum absolute atomic E-state index is 0.0141. The topological polar surface area (TPSA) is 95.0 Å². The van der Waals surface area contributed by atoms with Crippen molar-refractivity contribution >= 4 is 17.7 Å². The lowest BCUT2D eigenvalue weighted by Gasteiger charge is -2.63. The van der Waals surface area contributed by atoms with Gasteiger partial charge in [0.1, 0.15) is 11.4 Å². The standard InChI is InChI=1S/C33H44N2O6/c1-31-12-11-29(37)32(2,20-36)27(31)19-28(35-13-15-39-16-14-35)33(21-40-33)26(31)10-7-23-18-25(41-30(23)38)17-22-5-8-24(9-6-22)34(3)4/h5-10,17-18,26-29,36-37H,11-16,19-21H2,1-4H3/t26?,27?,28?,29-,31-,32+,33?/m1/s1. The fraction of sp³-hybridized carbons (Fsp3) is 0.606. The molecule has 7 atom stereocenters. The summed E-state index contributed by atoms with van der Waals surface area (Å²) in [6.45, 7) is 8.03. The predicted molar refractivity (Wildman–Crippen MR) is 157 cm³/mol. The molecule has 4 fully saturated rings. The molecule has 0 amide bonds. The highest BCUT2D eigenvalue weighted by atomic mass is 16.6.